The molecule has 0 N–H and O–H groups in total. The van der Waals surface area contributed by atoms with E-state index in [-0.39, 0.29) is 23.5 Å². The number of nitriles is 1. The second-order valence-corrected chi connectivity index (χ2v) is 7.60. The second kappa shape index (κ2) is 9.33. The summed E-state index contributed by atoms with van der Waals surface area (Å²) in [5, 5.41) is 9.66. The van der Waals surface area contributed by atoms with Crippen LogP contribution in [0.5, 0.6) is 5.75 Å². The van der Waals surface area contributed by atoms with Gasteiger partial charge in [0.05, 0.1) is 17.7 Å². The zero-order valence-corrected chi connectivity index (χ0v) is 17.8. The van der Waals surface area contributed by atoms with Crippen LogP contribution in [0.25, 0.3) is 21.9 Å². The largest absolute Gasteiger partial charge is 0.494 e. The van der Waals surface area contributed by atoms with Crippen LogP contribution in [0.2, 0.25) is 0 Å². The van der Waals surface area contributed by atoms with E-state index in [0.29, 0.717) is 40.3 Å². The number of halogens is 4. The van der Waals surface area contributed by atoms with Gasteiger partial charge in [-0.1, -0.05) is 30.3 Å². The highest BCUT2D eigenvalue weighted by Crippen LogP contribution is 2.33. The fourth-order valence-corrected chi connectivity index (χ4v) is 3.85. The molecule has 0 aromatic heterocycles. The second-order valence-electron chi connectivity index (χ2n) is 7.60. The molecule has 0 saturated heterocycles. The monoisotopic (exact) mass is 449 g/mol. The molecule has 0 aliphatic rings. The molecule has 0 aliphatic heterocycles. The molecular weight excluding hydrogens is 430 g/mol. The molecule has 4 aromatic rings. The van der Waals surface area contributed by atoms with Crippen LogP contribution in [0.3, 0.4) is 0 Å². The van der Waals surface area contributed by atoms with Crippen LogP contribution >= 0.6 is 0 Å². The van der Waals surface area contributed by atoms with Crippen LogP contribution in [-0.2, 0) is 12.8 Å². The number of benzene rings is 4. The van der Waals surface area contributed by atoms with E-state index in [1.807, 2.05) is 0 Å². The molecular formula is C27H19F4NO. The molecule has 0 aliphatic carbocycles. The Kier molecular flexibility index (Phi) is 6.32. The lowest BCUT2D eigenvalue weighted by Crippen LogP contribution is -1.98. The highest BCUT2D eigenvalue weighted by atomic mass is 19.1. The van der Waals surface area contributed by atoms with Gasteiger partial charge in [-0.15, -0.1) is 0 Å². The average molecular weight is 449 g/mol. The maximum atomic E-state index is 15.1. The standard InChI is InChI=1S/C27H19F4NO/c1-2-33-21-13-24(29)26(25(30)14-21)19-9-10-22-18(12-19)8-7-17(27(22)31)5-3-16-4-6-20(15-32)23(28)11-16/h4,6-14H,2-3,5H2,1H3. The molecule has 0 unspecified atom stereocenters. The van der Waals surface area contributed by atoms with Crippen molar-refractivity contribution >= 4 is 10.8 Å². The first-order valence-electron chi connectivity index (χ1n) is 10.4. The third-order valence-electron chi connectivity index (χ3n) is 5.49. The highest BCUT2D eigenvalue weighted by molar-refractivity contribution is 5.88. The summed E-state index contributed by atoms with van der Waals surface area (Å²) in [7, 11) is 0. The van der Waals surface area contributed by atoms with E-state index in [4.69, 9.17) is 10.00 Å². The van der Waals surface area contributed by atoms with Crippen molar-refractivity contribution in [1.82, 2.24) is 0 Å². The van der Waals surface area contributed by atoms with Crippen molar-refractivity contribution in [3.05, 3.63) is 101 Å². The Morgan fingerprint density at radius 2 is 1.58 bits per heavy atom. The zero-order chi connectivity index (χ0) is 23.5. The molecule has 6 heteroatoms. The van der Waals surface area contributed by atoms with E-state index in [2.05, 4.69) is 0 Å². The first-order valence-corrected chi connectivity index (χ1v) is 10.4. The molecule has 0 atom stereocenters. The summed E-state index contributed by atoms with van der Waals surface area (Å²) in [6, 6.07) is 16.2. The lowest BCUT2D eigenvalue weighted by Gasteiger charge is -2.11. The summed E-state index contributed by atoms with van der Waals surface area (Å²) in [4.78, 5) is 0. The predicted molar refractivity (Wildman–Crippen MR) is 119 cm³/mol. The Labute approximate surface area is 188 Å². The van der Waals surface area contributed by atoms with Gasteiger partial charge in [0, 0.05) is 17.5 Å². The molecule has 0 fully saturated rings. The summed E-state index contributed by atoms with van der Waals surface area (Å²) in [5.74, 6) is -2.44. The first kappa shape index (κ1) is 22.3. The number of rotatable bonds is 6. The lowest BCUT2D eigenvalue weighted by molar-refractivity contribution is 0.336. The number of fused-ring (bicyclic) bond motifs is 1. The third kappa shape index (κ3) is 4.54. The summed E-state index contributed by atoms with van der Waals surface area (Å²) < 4.78 is 63.2. The highest BCUT2D eigenvalue weighted by Gasteiger charge is 2.16. The quantitative estimate of drug-likeness (QED) is 0.294. The maximum Gasteiger partial charge on any atom is 0.141 e. The Morgan fingerprint density at radius 1 is 0.818 bits per heavy atom. The van der Waals surface area contributed by atoms with Crippen LogP contribution < -0.4 is 4.74 Å². The molecule has 0 amide bonds. The van der Waals surface area contributed by atoms with Crippen molar-refractivity contribution in [2.24, 2.45) is 0 Å². The third-order valence-corrected chi connectivity index (χ3v) is 5.49. The van der Waals surface area contributed by atoms with E-state index >= 15 is 4.39 Å². The van der Waals surface area contributed by atoms with Crippen LogP contribution in [0.1, 0.15) is 23.6 Å². The Morgan fingerprint density at radius 3 is 2.24 bits per heavy atom. The molecule has 0 radical (unpaired) electrons. The van der Waals surface area contributed by atoms with Crippen molar-refractivity contribution in [1.29, 1.82) is 5.26 Å². The van der Waals surface area contributed by atoms with Crippen LogP contribution in [0, 0.1) is 34.6 Å². The number of ether oxygens (including phenoxy) is 1. The van der Waals surface area contributed by atoms with Gasteiger partial charge in [0.25, 0.3) is 0 Å². The van der Waals surface area contributed by atoms with Gasteiger partial charge >= 0.3 is 0 Å². The summed E-state index contributed by atoms with van der Waals surface area (Å²) in [6.45, 7) is 2.01. The van der Waals surface area contributed by atoms with E-state index in [0.717, 1.165) is 12.1 Å². The molecule has 33 heavy (non-hydrogen) atoms. The summed E-state index contributed by atoms with van der Waals surface area (Å²) >= 11 is 0. The zero-order valence-electron chi connectivity index (χ0n) is 17.8. The first-order chi connectivity index (χ1) is 15.9. The predicted octanol–water partition coefficient (Wildman–Crippen LogP) is 7.12. The van der Waals surface area contributed by atoms with Gasteiger partial charge in [0.1, 0.15) is 35.1 Å². The Balaban J connectivity index is 1.62. The molecule has 0 spiro atoms. The molecule has 166 valence electrons. The van der Waals surface area contributed by atoms with Gasteiger partial charge in [-0.25, -0.2) is 17.6 Å². The lowest BCUT2D eigenvalue weighted by atomic mass is 9.96. The van der Waals surface area contributed by atoms with Gasteiger partial charge < -0.3 is 4.74 Å². The molecule has 0 heterocycles. The molecule has 4 aromatic carbocycles. The molecule has 0 bridgehead atoms. The smallest absolute Gasteiger partial charge is 0.141 e. The summed E-state index contributed by atoms with van der Waals surface area (Å²) in [6.07, 6.45) is 0.725. The minimum Gasteiger partial charge on any atom is -0.494 e. The van der Waals surface area contributed by atoms with E-state index < -0.39 is 23.3 Å². The van der Waals surface area contributed by atoms with Gasteiger partial charge in [-0.2, -0.15) is 5.26 Å². The maximum absolute atomic E-state index is 15.1. The van der Waals surface area contributed by atoms with Crippen molar-refractivity contribution < 1.29 is 22.3 Å². The number of aryl methyl sites for hydroxylation is 2. The van der Waals surface area contributed by atoms with Gasteiger partial charge in [-0.3, -0.25) is 0 Å². The number of nitrogens with zero attached hydrogens (tertiary/aromatic N) is 1. The van der Waals surface area contributed by atoms with Crippen molar-refractivity contribution in [3.8, 4) is 22.9 Å². The SMILES string of the molecule is CCOc1cc(F)c(-c2ccc3c(F)c(CCc4ccc(C#N)c(F)c4)ccc3c2)c(F)c1. The van der Waals surface area contributed by atoms with Gasteiger partial charge in [0.15, 0.2) is 0 Å². The van der Waals surface area contributed by atoms with Crippen LogP contribution in [-0.4, -0.2) is 6.61 Å². The Hall–Kier alpha value is -3.85. The van der Waals surface area contributed by atoms with E-state index in [9.17, 15) is 13.2 Å². The number of hydrogen-bond acceptors (Lipinski definition) is 2. The van der Waals surface area contributed by atoms with Gasteiger partial charge in [0.2, 0.25) is 0 Å². The summed E-state index contributed by atoms with van der Waals surface area (Å²) in [5.41, 5.74) is 1.15. The van der Waals surface area contributed by atoms with Crippen LogP contribution in [0.4, 0.5) is 17.6 Å². The van der Waals surface area contributed by atoms with Crippen molar-refractivity contribution in [2.45, 2.75) is 19.8 Å². The average Bonchev–Trinajstić information content (AvgIpc) is 2.78. The van der Waals surface area contributed by atoms with E-state index in [1.165, 1.54) is 24.3 Å². The normalized spacial score (nSPS) is 10.9. The fourth-order valence-electron chi connectivity index (χ4n) is 3.85. The molecule has 2 nitrogen and oxygen atoms in total. The minimum absolute atomic E-state index is 0.0353. The number of hydrogen-bond donors (Lipinski definition) is 0. The fraction of sp³-hybridized carbons (Fsp3) is 0.148. The topological polar surface area (TPSA) is 33.0 Å². The van der Waals surface area contributed by atoms with Crippen LogP contribution in [0.15, 0.2) is 60.7 Å². The van der Waals surface area contributed by atoms with Crippen molar-refractivity contribution in [2.75, 3.05) is 6.61 Å². The minimum atomic E-state index is -0.760. The molecule has 0 saturated carbocycles. The molecule has 4 rings (SSSR count). The van der Waals surface area contributed by atoms with Crippen molar-refractivity contribution in [3.63, 3.8) is 0 Å². The Bertz CT molecular complexity index is 1370. The van der Waals surface area contributed by atoms with E-state index in [1.54, 1.807) is 37.3 Å². The van der Waals surface area contributed by atoms with Gasteiger partial charge in [-0.05, 0) is 60.0 Å².